The van der Waals surface area contributed by atoms with Gasteiger partial charge in [-0.05, 0) is 25.5 Å². The predicted molar refractivity (Wildman–Crippen MR) is 58.0 cm³/mol. The molecule has 5 heteroatoms. The van der Waals surface area contributed by atoms with E-state index in [-0.39, 0.29) is 18.3 Å². The van der Waals surface area contributed by atoms with E-state index in [2.05, 4.69) is 5.32 Å². The summed E-state index contributed by atoms with van der Waals surface area (Å²) >= 11 is 0. The normalized spacial score (nSPS) is 12.2. The van der Waals surface area contributed by atoms with Crippen LogP contribution in [0.2, 0.25) is 0 Å². The van der Waals surface area contributed by atoms with Gasteiger partial charge in [0.15, 0.2) is 0 Å². The highest BCUT2D eigenvalue weighted by Gasteiger charge is 2.14. The molecule has 2 N–H and O–H groups in total. The number of hydrogen-bond donors (Lipinski definition) is 2. The Hall–Kier alpha value is -1.62. The van der Waals surface area contributed by atoms with Crippen LogP contribution in [0.5, 0.6) is 0 Å². The van der Waals surface area contributed by atoms with Crippen LogP contribution in [0.25, 0.3) is 0 Å². The van der Waals surface area contributed by atoms with Crippen molar-refractivity contribution in [2.45, 2.75) is 19.9 Å². The second kappa shape index (κ2) is 4.75. The summed E-state index contributed by atoms with van der Waals surface area (Å²) in [4.78, 5) is 10.3. The number of rotatable bonds is 4. The van der Waals surface area contributed by atoms with Gasteiger partial charge in [-0.25, -0.2) is 0 Å². The van der Waals surface area contributed by atoms with E-state index >= 15 is 0 Å². The summed E-state index contributed by atoms with van der Waals surface area (Å²) in [5, 5.41) is 22.5. The third-order valence-corrected chi connectivity index (χ3v) is 2.03. The van der Waals surface area contributed by atoms with Crippen LogP contribution in [0.4, 0.5) is 11.4 Å². The Bertz CT molecular complexity index is 366. The fraction of sp³-hybridized carbons (Fsp3) is 0.400. The van der Waals surface area contributed by atoms with Crippen LogP contribution in [0, 0.1) is 17.0 Å². The first-order valence-corrected chi connectivity index (χ1v) is 4.67. The third kappa shape index (κ3) is 2.92. The van der Waals surface area contributed by atoms with E-state index in [0.29, 0.717) is 5.69 Å². The van der Waals surface area contributed by atoms with Gasteiger partial charge in [0.1, 0.15) is 5.69 Å². The van der Waals surface area contributed by atoms with Gasteiger partial charge in [-0.15, -0.1) is 0 Å². The van der Waals surface area contributed by atoms with Crippen LogP contribution in [0.15, 0.2) is 18.2 Å². The van der Waals surface area contributed by atoms with E-state index < -0.39 is 4.92 Å². The van der Waals surface area contributed by atoms with Gasteiger partial charge < -0.3 is 10.4 Å². The van der Waals surface area contributed by atoms with E-state index in [1.54, 1.807) is 26.0 Å². The molecule has 5 nitrogen and oxygen atoms in total. The number of hydrogen-bond acceptors (Lipinski definition) is 4. The van der Waals surface area contributed by atoms with Gasteiger partial charge in [0, 0.05) is 12.1 Å². The van der Waals surface area contributed by atoms with Gasteiger partial charge in [-0.3, -0.25) is 10.1 Å². The van der Waals surface area contributed by atoms with Crippen LogP contribution in [-0.4, -0.2) is 22.7 Å². The quantitative estimate of drug-likeness (QED) is 0.585. The van der Waals surface area contributed by atoms with Crippen LogP contribution < -0.4 is 5.32 Å². The van der Waals surface area contributed by atoms with Gasteiger partial charge in [0.25, 0.3) is 5.69 Å². The summed E-state index contributed by atoms with van der Waals surface area (Å²) in [6.45, 7) is 3.49. The van der Waals surface area contributed by atoms with E-state index in [1.165, 1.54) is 6.07 Å². The summed E-state index contributed by atoms with van der Waals surface area (Å²) in [5.74, 6) is 0. The maximum absolute atomic E-state index is 10.7. The first-order valence-electron chi connectivity index (χ1n) is 4.67. The molecule has 15 heavy (non-hydrogen) atoms. The number of nitro benzene ring substituents is 1. The van der Waals surface area contributed by atoms with Gasteiger partial charge in [0.05, 0.1) is 11.5 Å². The summed E-state index contributed by atoms with van der Waals surface area (Å²) in [7, 11) is 0. The second-order valence-electron chi connectivity index (χ2n) is 3.51. The molecule has 1 aromatic carbocycles. The molecule has 0 aliphatic rings. The van der Waals surface area contributed by atoms with Gasteiger partial charge in [0.2, 0.25) is 0 Å². The largest absolute Gasteiger partial charge is 0.394 e. The topological polar surface area (TPSA) is 75.4 Å². The Labute approximate surface area is 87.9 Å². The SMILES string of the molecule is Cc1ccc(N[C@@H](C)CO)c([N+](=O)[O-])c1. The molecular formula is C10H14N2O3. The lowest BCUT2D eigenvalue weighted by Crippen LogP contribution is -2.19. The zero-order valence-corrected chi connectivity index (χ0v) is 8.73. The molecule has 1 aromatic rings. The Morgan fingerprint density at radius 3 is 2.80 bits per heavy atom. The van der Waals surface area contributed by atoms with Crippen LogP contribution in [0.3, 0.4) is 0 Å². The van der Waals surface area contributed by atoms with Crippen molar-refractivity contribution >= 4 is 11.4 Å². The molecule has 0 saturated heterocycles. The minimum atomic E-state index is -0.431. The summed E-state index contributed by atoms with van der Waals surface area (Å²) in [6.07, 6.45) is 0. The van der Waals surface area contributed by atoms with Crippen molar-refractivity contribution in [1.29, 1.82) is 0 Å². The molecule has 0 heterocycles. The molecule has 0 saturated carbocycles. The number of anilines is 1. The highest BCUT2D eigenvalue weighted by atomic mass is 16.6. The highest BCUT2D eigenvalue weighted by Crippen LogP contribution is 2.25. The van der Waals surface area contributed by atoms with Crippen molar-refractivity contribution in [1.82, 2.24) is 0 Å². The van der Waals surface area contributed by atoms with Gasteiger partial charge >= 0.3 is 0 Å². The summed E-state index contributed by atoms with van der Waals surface area (Å²) < 4.78 is 0. The average molecular weight is 210 g/mol. The fourth-order valence-electron chi connectivity index (χ4n) is 1.23. The molecule has 1 rings (SSSR count). The smallest absolute Gasteiger partial charge is 0.292 e. The van der Waals surface area contributed by atoms with Crippen LogP contribution in [-0.2, 0) is 0 Å². The first-order chi connectivity index (χ1) is 7.04. The standard InChI is InChI=1S/C10H14N2O3/c1-7-3-4-9(11-8(2)6-13)10(5-7)12(14)15/h3-5,8,11,13H,6H2,1-2H3/t8-/m0/s1. The lowest BCUT2D eigenvalue weighted by atomic mass is 10.2. The van der Waals surface area contributed by atoms with E-state index in [9.17, 15) is 10.1 Å². The minimum absolute atomic E-state index is 0.0373. The lowest BCUT2D eigenvalue weighted by Gasteiger charge is -2.12. The highest BCUT2D eigenvalue weighted by molar-refractivity contribution is 5.62. The van der Waals surface area contributed by atoms with Crippen LogP contribution >= 0.6 is 0 Å². The number of nitrogens with zero attached hydrogens (tertiary/aromatic N) is 1. The Kier molecular flexibility index (Phi) is 3.62. The molecule has 0 amide bonds. The number of aryl methyl sites for hydroxylation is 1. The molecule has 0 fully saturated rings. The minimum Gasteiger partial charge on any atom is -0.394 e. The van der Waals surface area contributed by atoms with E-state index in [4.69, 9.17) is 5.11 Å². The van der Waals surface area contributed by atoms with Gasteiger partial charge in [-0.1, -0.05) is 6.07 Å². The first kappa shape index (κ1) is 11.5. The number of nitrogens with one attached hydrogen (secondary N) is 1. The van der Waals surface area contributed by atoms with Crippen LogP contribution in [0.1, 0.15) is 12.5 Å². The lowest BCUT2D eigenvalue weighted by molar-refractivity contribution is -0.384. The summed E-state index contributed by atoms with van der Waals surface area (Å²) in [6, 6.07) is 4.75. The maximum atomic E-state index is 10.7. The fourth-order valence-corrected chi connectivity index (χ4v) is 1.23. The Balaban J connectivity index is 3.01. The van der Waals surface area contributed by atoms with Crippen molar-refractivity contribution in [2.75, 3.05) is 11.9 Å². The number of benzene rings is 1. The molecule has 0 spiro atoms. The van der Waals surface area contributed by atoms with E-state index in [0.717, 1.165) is 5.56 Å². The maximum Gasteiger partial charge on any atom is 0.292 e. The number of nitro groups is 1. The molecular weight excluding hydrogens is 196 g/mol. The van der Waals surface area contributed by atoms with Crippen molar-refractivity contribution in [3.8, 4) is 0 Å². The Morgan fingerprint density at radius 1 is 1.60 bits per heavy atom. The zero-order chi connectivity index (χ0) is 11.4. The molecule has 0 aromatic heterocycles. The van der Waals surface area contributed by atoms with Crippen molar-refractivity contribution in [3.63, 3.8) is 0 Å². The zero-order valence-electron chi connectivity index (χ0n) is 8.73. The molecule has 0 bridgehead atoms. The third-order valence-electron chi connectivity index (χ3n) is 2.03. The number of aliphatic hydroxyl groups is 1. The molecule has 0 radical (unpaired) electrons. The van der Waals surface area contributed by atoms with Crippen molar-refractivity contribution < 1.29 is 10.0 Å². The monoisotopic (exact) mass is 210 g/mol. The molecule has 82 valence electrons. The Morgan fingerprint density at radius 2 is 2.27 bits per heavy atom. The molecule has 1 atom stereocenters. The molecule has 0 aliphatic carbocycles. The summed E-state index contributed by atoms with van der Waals surface area (Å²) in [5.41, 5.74) is 1.31. The van der Waals surface area contributed by atoms with Crippen molar-refractivity contribution in [2.24, 2.45) is 0 Å². The van der Waals surface area contributed by atoms with Gasteiger partial charge in [-0.2, -0.15) is 0 Å². The number of aliphatic hydroxyl groups excluding tert-OH is 1. The molecule has 0 aliphatic heterocycles. The van der Waals surface area contributed by atoms with Crippen molar-refractivity contribution in [3.05, 3.63) is 33.9 Å². The van der Waals surface area contributed by atoms with E-state index in [1.807, 2.05) is 0 Å². The second-order valence-corrected chi connectivity index (χ2v) is 3.51. The molecule has 0 unspecified atom stereocenters. The average Bonchev–Trinajstić information content (AvgIpc) is 2.20. The predicted octanol–water partition coefficient (Wildman–Crippen LogP) is 1.70.